The Bertz CT molecular complexity index is 596. The van der Waals surface area contributed by atoms with Gasteiger partial charge in [-0.3, -0.25) is 0 Å². The zero-order chi connectivity index (χ0) is 13.7. The molecule has 0 aliphatic heterocycles. The van der Waals surface area contributed by atoms with Crippen molar-refractivity contribution in [3.05, 3.63) is 52.3 Å². The molecule has 0 fully saturated rings. The third-order valence-corrected chi connectivity index (χ3v) is 3.44. The lowest BCUT2D eigenvalue weighted by molar-refractivity contribution is 0.654. The van der Waals surface area contributed by atoms with Crippen molar-refractivity contribution in [2.45, 2.75) is 26.4 Å². The summed E-state index contributed by atoms with van der Waals surface area (Å²) >= 11 is 3.38. The van der Waals surface area contributed by atoms with Gasteiger partial charge < -0.3 is 9.88 Å². The van der Waals surface area contributed by atoms with Crippen LogP contribution in [0.4, 0.5) is 5.69 Å². The van der Waals surface area contributed by atoms with Crippen LogP contribution in [0.2, 0.25) is 0 Å². The SMILES string of the molecule is CCCn1cccc1CNc1ccc(Br)cc1C#N. The molecule has 1 aromatic carbocycles. The quantitative estimate of drug-likeness (QED) is 0.900. The Kier molecular flexibility index (Phi) is 4.64. The number of aryl methyl sites for hydroxylation is 1. The van der Waals surface area contributed by atoms with E-state index in [9.17, 15) is 0 Å². The minimum atomic E-state index is 0.656. The van der Waals surface area contributed by atoms with Gasteiger partial charge in [0, 0.05) is 22.9 Å². The second-order valence-corrected chi connectivity index (χ2v) is 5.26. The Morgan fingerprint density at radius 2 is 2.21 bits per heavy atom. The molecule has 2 aromatic rings. The molecule has 0 aliphatic rings. The molecule has 98 valence electrons. The predicted molar refractivity (Wildman–Crippen MR) is 80.9 cm³/mol. The monoisotopic (exact) mass is 317 g/mol. The molecule has 4 heteroatoms. The lowest BCUT2D eigenvalue weighted by atomic mass is 10.2. The molecule has 1 aromatic heterocycles. The zero-order valence-electron chi connectivity index (χ0n) is 10.9. The van der Waals surface area contributed by atoms with E-state index in [1.54, 1.807) is 0 Å². The molecule has 1 N–H and O–H groups in total. The number of rotatable bonds is 5. The highest BCUT2D eigenvalue weighted by Gasteiger charge is 2.04. The van der Waals surface area contributed by atoms with Crippen LogP contribution in [0.3, 0.4) is 0 Å². The van der Waals surface area contributed by atoms with E-state index >= 15 is 0 Å². The Hall–Kier alpha value is -1.73. The summed E-state index contributed by atoms with van der Waals surface area (Å²) in [4.78, 5) is 0. The van der Waals surface area contributed by atoms with Crippen molar-refractivity contribution in [3.8, 4) is 6.07 Å². The average Bonchev–Trinajstić information content (AvgIpc) is 2.85. The van der Waals surface area contributed by atoms with E-state index in [4.69, 9.17) is 5.26 Å². The highest BCUT2D eigenvalue weighted by atomic mass is 79.9. The van der Waals surface area contributed by atoms with Gasteiger partial charge in [-0.2, -0.15) is 5.26 Å². The fourth-order valence-corrected chi connectivity index (χ4v) is 2.38. The van der Waals surface area contributed by atoms with Crippen LogP contribution in [0, 0.1) is 11.3 Å². The van der Waals surface area contributed by atoms with Crippen molar-refractivity contribution in [1.82, 2.24) is 4.57 Å². The second-order valence-electron chi connectivity index (χ2n) is 4.35. The van der Waals surface area contributed by atoms with Crippen LogP contribution < -0.4 is 5.32 Å². The third kappa shape index (κ3) is 3.39. The van der Waals surface area contributed by atoms with E-state index in [0.29, 0.717) is 5.56 Å². The fraction of sp³-hybridized carbons (Fsp3) is 0.267. The number of benzene rings is 1. The normalized spacial score (nSPS) is 10.2. The van der Waals surface area contributed by atoms with E-state index in [-0.39, 0.29) is 0 Å². The molecule has 0 bridgehead atoms. The van der Waals surface area contributed by atoms with Gasteiger partial charge in [0.25, 0.3) is 0 Å². The highest BCUT2D eigenvalue weighted by molar-refractivity contribution is 9.10. The topological polar surface area (TPSA) is 40.8 Å². The van der Waals surface area contributed by atoms with Crippen LogP contribution in [0.25, 0.3) is 0 Å². The number of hydrogen-bond acceptors (Lipinski definition) is 2. The minimum absolute atomic E-state index is 0.656. The second kappa shape index (κ2) is 6.44. The first kappa shape index (κ1) is 13.7. The van der Waals surface area contributed by atoms with E-state index in [1.807, 2.05) is 18.2 Å². The van der Waals surface area contributed by atoms with Gasteiger partial charge >= 0.3 is 0 Å². The van der Waals surface area contributed by atoms with Crippen molar-refractivity contribution in [2.75, 3.05) is 5.32 Å². The summed E-state index contributed by atoms with van der Waals surface area (Å²) in [5, 5.41) is 12.5. The third-order valence-electron chi connectivity index (χ3n) is 2.95. The molecule has 0 amide bonds. The van der Waals surface area contributed by atoms with Crippen LogP contribution >= 0.6 is 15.9 Å². The lowest BCUT2D eigenvalue weighted by Gasteiger charge is -2.11. The molecule has 19 heavy (non-hydrogen) atoms. The molecule has 0 unspecified atom stereocenters. The van der Waals surface area contributed by atoms with Crippen LogP contribution in [-0.4, -0.2) is 4.57 Å². The molecule has 0 atom stereocenters. The Morgan fingerprint density at radius 3 is 2.95 bits per heavy atom. The van der Waals surface area contributed by atoms with Gasteiger partial charge in [0.1, 0.15) is 6.07 Å². The minimum Gasteiger partial charge on any atom is -0.378 e. The number of hydrogen-bond donors (Lipinski definition) is 1. The number of halogens is 1. The molecule has 0 radical (unpaired) electrons. The zero-order valence-corrected chi connectivity index (χ0v) is 12.4. The Morgan fingerprint density at radius 1 is 1.37 bits per heavy atom. The Labute approximate surface area is 122 Å². The molecular weight excluding hydrogens is 302 g/mol. The van der Waals surface area contributed by atoms with Crippen LogP contribution in [0.1, 0.15) is 24.6 Å². The molecule has 2 rings (SSSR count). The number of nitrogens with zero attached hydrogens (tertiary/aromatic N) is 2. The lowest BCUT2D eigenvalue weighted by Crippen LogP contribution is -2.07. The number of nitriles is 1. The maximum absolute atomic E-state index is 9.12. The standard InChI is InChI=1S/C15H16BrN3/c1-2-7-19-8-3-4-14(19)11-18-15-6-5-13(16)9-12(15)10-17/h3-6,8-9,18H,2,7,11H2,1H3. The summed E-state index contributed by atoms with van der Waals surface area (Å²) in [6, 6.07) is 12.1. The van der Waals surface area contributed by atoms with Crippen molar-refractivity contribution >= 4 is 21.6 Å². The summed E-state index contributed by atoms with van der Waals surface area (Å²) in [6.45, 7) is 3.92. The van der Waals surface area contributed by atoms with E-state index < -0.39 is 0 Å². The summed E-state index contributed by atoms with van der Waals surface area (Å²) in [5.74, 6) is 0. The smallest absolute Gasteiger partial charge is 0.101 e. The number of anilines is 1. The first-order valence-electron chi connectivity index (χ1n) is 6.32. The molecule has 0 saturated carbocycles. The van der Waals surface area contributed by atoms with Gasteiger partial charge in [0.05, 0.1) is 17.8 Å². The van der Waals surface area contributed by atoms with E-state index in [0.717, 1.165) is 29.7 Å². The Balaban J connectivity index is 2.10. The summed E-state index contributed by atoms with van der Waals surface area (Å²) < 4.78 is 3.15. The largest absolute Gasteiger partial charge is 0.378 e. The summed E-state index contributed by atoms with van der Waals surface area (Å²) in [7, 11) is 0. The van der Waals surface area contributed by atoms with Gasteiger partial charge in [-0.15, -0.1) is 0 Å². The first-order valence-corrected chi connectivity index (χ1v) is 7.11. The van der Waals surface area contributed by atoms with Gasteiger partial charge in [0.15, 0.2) is 0 Å². The van der Waals surface area contributed by atoms with Crippen molar-refractivity contribution in [2.24, 2.45) is 0 Å². The number of nitrogens with one attached hydrogen (secondary N) is 1. The van der Waals surface area contributed by atoms with Gasteiger partial charge in [0.2, 0.25) is 0 Å². The van der Waals surface area contributed by atoms with Gasteiger partial charge in [-0.05, 0) is 36.8 Å². The maximum Gasteiger partial charge on any atom is 0.101 e. The molecular formula is C15H16BrN3. The molecule has 0 aliphatic carbocycles. The average molecular weight is 318 g/mol. The molecule has 0 spiro atoms. The maximum atomic E-state index is 9.12. The van der Waals surface area contributed by atoms with Crippen molar-refractivity contribution in [3.63, 3.8) is 0 Å². The number of aromatic nitrogens is 1. The van der Waals surface area contributed by atoms with Crippen LogP contribution in [-0.2, 0) is 13.1 Å². The van der Waals surface area contributed by atoms with Crippen molar-refractivity contribution < 1.29 is 0 Å². The van der Waals surface area contributed by atoms with E-state index in [1.165, 1.54) is 5.69 Å². The summed E-state index contributed by atoms with van der Waals surface area (Å²) in [6.07, 6.45) is 3.21. The fourth-order valence-electron chi connectivity index (χ4n) is 2.02. The van der Waals surface area contributed by atoms with E-state index in [2.05, 4.69) is 57.1 Å². The predicted octanol–water partition coefficient (Wildman–Crippen LogP) is 4.14. The van der Waals surface area contributed by atoms with Gasteiger partial charge in [-0.25, -0.2) is 0 Å². The summed E-state index contributed by atoms with van der Waals surface area (Å²) in [5.41, 5.74) is 2.76. The molecule has 1 heterocycles. The molecule has 0 saturated heterocycles. The van der Waals surface area contributed by atoms with Crippen LogP contribution in [0.15, 0.2) is 41.0 Å². The van der Waals surface area contributed by atoms with Crippen LogP contribution in [0.5, 0.6) is 0 Å². The highest BCUT2D eigenvalue weighted by Crippen LogP contribution is 2.21. The molecule has 3 nitrogen and oxygen atoms in total. The van der Waals surface area contributed by atoms with Gasteiger partial charge in [-0.1, -0.05) is 22.9 Å². The first-order chi connectivity index (χ1) is 9.24. The van der Waals surface area contributed by atoms with Crippen molar-refractivity contribution in [1.29, 1.82) is 5.26 Å².